The number of carbonyl (C=O) groups is 1. The van der Waals surface area contributed by atoms with Gasteiger partial charge in [0.15, 0.2) is 0 Å². The second-order valence-electron chi connectivity index (χ2n) is 6.28. The fraction of sp³-hybridized carbons (Fsp3) is 0.471. The Morgan fingerprint density at radius 3 is 2.81 bits per heavy atom. The molecule has 0 bridgehead atoms. The van der Waals surface area contributed by atoms with E-state index in [1.165, 1.54) is 6.07 Å². The van der Waals surface area contributed by atoms with Gasteiger partial charge in [-0.15, -0.1) is 0 Å². The van der Waals surface area contributed by atoms with Gasteiger partial charge in [0, 0.05) is 12.1 Å². The first-order valence-corrected chi connectivity index (χ1v) is 7.24. The largest absolute Gasteiger partial charge is 0.444 e. The van der Waals surface area contributed by atoms with Crippen LogP contribution in [0.2, 0.25) is 0 Å². The van der Waals surface area contributed by atoms with Crippen molar-refractivity contribution in [3.05, 3.63) is 41.7 Å². The highest BCUT2D eigenvalue weighted by atomic mass is 19.1. The van der Waals surface area contributed by atoms with E-state index in [-0.39, 0.29) is 18.0 Å². The third-order valence-electron chi connectivity index (χ3n) is 3.52. The molecule has 114 valence electrons. The van der Waals surface area contributed by atoms with Crippen molar-refractivity contribution >= 4 is 12.2 Å². The number of nitrogens with zero attached hydrogens (tertiary/aromatic N) is 1. The topological polar surface area (TPSA) is 29.5 Å². The number of halogens is 1. The summed E-state index contributed by atoms with van der Waals surface area (Å²) >= 11 is 0. The highest BCUT2D eigenvalue weighted by molar-refractivity contribution is 5.70. The molecule has 0 radical (unpaired) electrons. The minimum absolute atomic E-state index is 0.283. The van der Waals surface area contributed by atoms with Gasteiger partial charge in [-0.2, -0.15) is 0 Å². The second-order valence-corrected chi connectivity index (χ2v) is 6.28. The van der Waals surface area contributed by atoms with Crippen LogP contribution in [-0.2, 0) is 4.74 Å². The molecule has 1 fully saturated rings. The molecule has 1 amide bonds. The summed E-state index contributed by atoms with van der Waals surface area (Å²) < 4.78 is 19.7. The van der Waals surface area contributed by atoms with Crippen LogP contribution in [0.5, 0.6) is 0 Å². The first-order chi connectivity index (χ1) is 9.83. The molecule has 1 heterocycles. The monoisotopic (exact) mass is 291 g/mol. The van der Waals surface area contributed by atoms with Gasteiger partial charge in [-0.05, 0) is 45.2 Å². The van der Waals surface area contributed by atoms with Crippen molar-refractivity contribution in [1.82, 2.24) is 4.90 Å². The van der Waals surface area contributed by atoms with E-state index in [2.05, 4.69) is 6.58 Å². The van der Waals surface area contributed by atoms with Crippen molar-refractivity contribution < 1.29 is 13.9 Å². The van der Waals surface area contributed by atoms with Gasteiger partial charge >= 0.3 is 6.09 Å². The van der Waals surface area contributed by atoms with Crippen molar-refractivity contribution in [2.45, 2.75) is 45.3 Å². The van der Waals surface area contributed by atoms with E-state index in [0.29, 0.717) is 12.1 Å². The van der Waals surface area contributed by atoms with E-state index < -0.39 is 5.60 Å². The van der Waals surface area contributed by atoms with Gasteiger partial charge in [-0.3, -0.25) is 0 Å². The zero-order chi connectivity index (χ0) is 15.6. The molecule has 1 atom stereocenters. The molecule has 1 aromatic carbocycles. The Hall–Kier alpha value is -1.84. The van der Waals surface area contributed by atoms with Crippen LogP contribution in [0.25, 0.3) is 6.08 Å². The van der Waals surface area contributed by atoms with E-state index in [1.54, 1.807) is 17.0 Å². The zero-order valence-electron chi connectivity index (χ0n) is 12.9. The number of rotatable bonds is 2. The number of hydrogen-bond acceptors (Lipinski definition) is 2. The normalized spacial score (nSPS) is 18.7. The predicted molar refractivity (Wildman–Crippen MR) is 81.4 cm³/mol. The molecule has 0 aromatic heterocycles. The maximum atomic E-state index is 14.2. The standard InChI is InChI=1S/C17H22FNO2/c1-5-12-8-6-9-13(18)15(12)14-10-7-11-19(14)16(20)21-17(2,3)4/h5-6,8-9,14H,1,7,10-11H2,2-4H3/t14-/m1/s1. The molecule has 1 aromatic rings. The molecular weight excluding hydrogens is 269 g/mol. The Bertz CT molecular complexity index is 548. The fourth-order valence-corrected chi connectivity index (χ4v) is 2.69. The lowest BCUT2D eigenvalue weighted by atomic mass is 9.98. The lowest BCUT2D eigenvalue weighted by Gasteiger charge is -2.29. The Kier molecular flexibility index (Phi) is 4.35. The van der Waals surface area contributed by atoms with Gasteiger partial charge in [-0.25, -0.2) is 9.18 Å². The molecule has 3 nitrogen and oxygen atoms in total. The summed E-state index contributed by atoms with van der Waals surface area (Å²) in [6.07, 6.45) is 2.82. The van der Waals surface area contributed by atoms with Gasteiger partial charge in [0.05, 0.1) is 6.04 Å². The number of carbonyl (C=O) groups excluding carboxylic acids is 1. The smallest absolute Gasteiger partial charge is 0.410 e. The van der Waals surface area contributed by atoms with Crippen molar-refractivity contribution in [1.29, 1.82) is 0 Å². The molecule has 4 heteroatoms. The molecule has 2 rings (SSSR count). The van der Waals surface area contributed by atoms with Crippen LogP contribution < -0.4 is 0 Å². The number of ether oxygens (including phenoxy) is 1. The van der Waals surface area contributed by atoms with Gasteiger partial charge in [-0.1, -0.05) is 24.8 Å². The Labute approximate surface area is 125 Å². The second kappa shape index (κ2) is 5.88. The molecule has 0 saturated carbocycles. The SMILES string of the molecule is C=Cc1cccc(F)c1[C@H]1CCCN1C(=O)OC(C)(C)C. The highest BCUT2D eigenvalue weighted by Crippen LogP contribution is 2.36. The van der Waals surface area contributed by atoms with Crippen molar-refractivity contribution in [2.75, 3.05) is 6.54 Å². The van der Waals surface area contributed by atoms with Crippen molar-refractivity contribution in [3.63, 3.8) is 0 Å². The van der Waals surface area contributed by atoms with Gasteiger partial charge in [0.1, 0.15) is 11.4 Å². The molecule has 0 aliphatic carbocycles. The first kappa shape index (κ1) is 15.5. The van der Waals surface area contributed by atoms with Crippen LogP contribution in [0.1, 0.15) is 50.8 Å². The summed E-state index contributed by atoms with van der Waals surface area (Å²) in [4.78, 5) is 13.9. The molecule has 0 unspecified atom stereocenters. The van der Waals surface area contributed by atoms with Gasteiger partial charge in [0.25, 0.3) is 0 Å². The minimum atomic E-state index is -0.555. The number of hydrogen-bond donors (Lipinski definition) is 0. The molecule has 1 aliphatic rings. The average molecular weight is 291 g/mol. The van der Waals surface area contributed by atoms with Crippen LogP contribution >= 0.6 is 0 Å². The summed E-state index contributed by atoms with van der Waals surface area (Å²) in [6.45, 7) is 9.80. The molecule has 0 spiro atoms. The van der Waals surface area contributed by atoms with E-state index >= 15 is 0 Å². The van der Waals surface area contributed by atoms with Crippen molar-refractivity contribution in [3.8, 4) is 0 Å². The summed E-state index contributed by atoms with van der Waals surface area (Å²) in [6, 6.07) is 4.61. The number of likely N-dealkylation sites (tertiary alicyclic amines) is 1. The average Bonchev–Trinajstić information content (AvgIpc) is 2.85. The maximum absolute atomic E-state index is 14.2. The molecular formula is C17H22FNO2. The molecule has 1 saturated heterocycles. The van der Waals surface area contributed by atoms with E-state index in [1.807, 2.05) is 26.8 Å². The molecule has 21 heavy (non-hydrogen) atoms. The van der Waals surface area contributed by atoms with Crippen LogP contribution in [0.4, 0.5) is 9.18 Å². The lowest BCUT2D eigenvalue weighted by molar-refractivity contribution is 0.0222. The Morgan fingerprint density at radius 1 is 1.48 bits per heavy atom. The number of amides is 1. The third kappa shape index (κ3) is 3.43. The van der Waals surface area contributed by atoms with Crippen LogP contribution in [0.3, 0.4) is 0 Å². The lowest BCUT2D eigenvalue weighted by Crippen LogP contribution is -2.36. The maximum Gasteiger partial charge on any atom is 0.410 e. The van der Waals surface area contributed by atoms with Crippen LogP contribution in [0, 0.1) is 5.82 Å². The molecule has 0 N–H and O–H groups in total. The minimum Gasteiger partial charge on any atom is -0.444 e. The summed E-state index contributed by atoms with van der Waals surface area (Å²) in [7, 11) is 0. The quantitative estimate of drug-likeness (QED) is 0.800. The van der Waals surface area contributed by atoms with Crippen LogP contribution in [-0.4, -0.2) is 23.1 Å². The van der Waals surface area contributed by atoms with Crippen LogP contribution in [0.15, 0.2) is 24.8 Å². The predicted octanol–water partition coefficient (Wildman–Crippen LogP) is 4.54. The van der Waals surface area contributed by atoms with Crippen molar-refractivity contribution in [2.24, 2.45) is 0 Å². The Balaban J connectivity index is 2.31. The number of benzene rings is 1. The summed E-state index contributed by atoms with van der Waals surface area (Å²) in [5.74, 6) is -0.298. The van der Waals surface area contributed by atoms with Gasteiger partial charge < -0.3 is 9.64 Å². The fourth-order valence-electron chi connectivity index (χ4n) is 2.69. The Morgan fingerprint density at radius 2 is 2.19 bits per heavy atom. The summed E-state index contributed by atoms with van der Waals surface area (Å²) in [5.41, 5.74) is 0.715. The zero-order valence-corrected chi connectivity index (χ0v) is 12.9. The van der Waals surface area contributed by atoms with E-state index in [0.717, 1.165) is 18.4 Å². The van der Waals surface area contributed by atoms with E-state index in [9.17, 15) is 9.18 Å². The summed E-state index contributed by atoms with van der Waals surface area (Å²) in [5, 5.41) is 0. The van der Waals surface area contributed by atoms with Gasteiger partial charge in [0.2, 0.25) is 0 Å². The highest BCUT2D eigenvalue weighted by Gasteiger charge is 2.35. The molecule has 1 aliphatic heterocycles. The van der Waals surface area contributed by atoms with E-state index in [4.69, 9.17) is 4.74 Å². The third-order valence-corrected chi connectivity index (χ3v) is 3.52. The first-order valence-electron chi connectivity index (χ1n) is 7.24.